The summed E-state index contributed by atoms with van der Waals surface area (Å²) in [6.45, 7) is 0. The molecule has 122 valence electrons. The summed E-state index contributed by atoms with van der Waals surface area (Å²) >= 11 is 2.87. The number of anilines is 1. The predicted molar refractivity (Wildman–Crippen MR) is 91.7 cm³/mol. The number of halogens is 1. The summed E-state index contributed by atoms with van der Waals surface area (Å²) in [6.07, 6.45) is 2.50. The summed E-state index contributed by atoms with van der Waals surface area (Å²) in [5, 5.41) is 15.0. The predicted octanol–water partition coefficient (Wildman–Crippen LogP) is 3.86. The van der Waals surface area contributed by atoms with Crippen LogP contribution in [-0.4, -0.2) is 21.1 Å². The Morgan fingerprint density at radius 2 is 2.04 bits per heavy atom. The van der Waals surface area contributed by atoms with Crippen LogP contribution in [0, 0.1) is 5.82 Å². The van der Waals surface area contributed by atoms with Crippen LogP contribution in [0.3, 0.4) is 0 Å². The molecule has 0 bridgehead atoms. The van der Waals surface area contributed by atoms with E-state index in [9.17, 15) is 9.18 Å². The fraction of sp³-hybridized carbons (Fsp3) is 0.250. The average Bonchev–Trinajstić information content (AvgIpc) is 3.14. The lowest BCUT2D eigenvalue weighted by Crippen LogP contribution is -2.14. The number of aromatic nitrogens is 3. The minimum absolute atomic E-state index is 0.163. The second-order valence-electron chi connectivity index (χ2n) is 5.60. The largest absolute Gasteiger partial charge is 0.300 e. The van der Waals surface area contributed by atoms with E-state index in [1.807, 2.05) is 5.38 Å². The molecule has 8 heteroatoms. The lowest BCUT2D eigenvalue weighted by Gasteiger charge is -1.98. The van der Waals surface area contributed by atoms with E-state index in [0.29, 0.717) is 16.7 Å². The third kappa shape index (κ3) is 3.49. The smallest absolute Gasteiger partial charge is 0.232 e. The zero-order chi connectivity index (χ0) is 16.5. The van der Waals surface area contributed by atoms with E-state index in [-0.39, 0.29) is 18.1 Å². The van der Waals surface area contributed by atoms with E-state index in [0.717, 1.165) is 28.4 Å². The van der Waals surface area contributed by atoms with Crippen molar-refractivity contribution >= 4 is 33.7 Å². The van der Waals surface area contributed by atoms with Gasteiger partial charge in [-0.15, -0.1) is 21.5 Å². The van der Waals surface area contributed by atoms with Gasteiger partial charge in [-0.05, 0) is 37.1 Å². The molecule has 5 nitrogen and oxygen atoms in total. The molecule has 1 aliphatic carbocycles. The quantitative estimate of drug-likeness (QED) is 0.750. The van der Waals surface area contributed by atoms with Gasteiger partial charge in [0.05, 0.1) is 12.1 Å². The first-order valence-corrected chi connectivity index (χ1v) is 9.20. The number of amides is 1. The van der Waals surface area contributed by atoms with Crippen LogP contribution in [0.15, 0.2) is 29.6 Å². The molecule has 2 heterocycles. The van der Waals surface area contributed by atoms with Crippen LogP contribution in [0.2, 0.25) is 0 Å². The van der Waals surface area contributed by atoms with Gasteiger partial charge in [0.25, 0.3) is 0 Å². The first-order valence-electron chi connectivity index (χ1n) is 7.51. The van der Waals surface area contributed by atoms with E-state index in [2.05, 4.69) is 20.5 Å². The Hall–Kier alpha value is -2.19. The van der Waals surface area contributed by atoms with Crippen LogP contribution in [-0.2, 0) is 11.2 Å². The van der Waals surface area contributed by atoms with Gasteiger partial charge < -0.3 is 5.32 Å². The number of nitrogens with one attached hydrogen (secondary N) is 1. The highest BCUT2D eigenvalue weighted by Crippen LogP contribution is 2.42. The molecule has 0 unspecified atom stereocenters. The summed E-state index contributed by atoms with van der Waals surface area (Å²) in [5.74, 6) is 0.0898. The molecule has 0 saturated heterocycles. The van der Waals surface area contributed by atoms with Crippen molar-refractivity contribution in [3.63, 3.8) is 0 Å². The molecule has 1 N–H and O–H groups in total. The number of nitrogens with zero attached hydrogens (tertiary/aromatic N) is 3. The van der Waals surface area contributed by atoms with Crippen LogP contribution in [0.5, 0.6) is 0 Å². The molecular formula is C16H13FN4OS2. The third-order valence-corrected chi connectivity index (χ3v) is 5.54. The molecule has 4 rings (SSSR count). The lowest BCUT2D eigenvalue weighted by atomic mass is 10.2. The minimum Gasteiger partial charge on any atom is -0.300 e. The van der Waals surface area contributed by atoms with Gasteiger partial charge in [-0.1, -0.05) is 11.3 Å². The minimum atomic E-state index is -0.280. The van der Waals surface area contributed by atoms with Crippen molar-refractivity contribution in [3.05, 3.63) is 46.2 Å². The monoisotopic (exact) mass is 360 g/mol. The number of hydrogen-bond donors (Lipinski definition) is 1. The Balaban J connectivity index is 1.39. The maximum atomic E-state index is 13.0. The summed E-state index contributed by atoms with van der Waals surface area (Å²) < 4.78 is 13.0. The third-order valence-electron chi connectivity index (χ3n) is 3.60. The summed E-state index contributed by atoms with van der Waals surface area (Å²) in [5.41, 5.74) is 1.52. The summed E-state index contributed by atoms with van der Waals surface area (Å²) in [6, 6.07) is 6.16. The van der Waals surface area contributed by atoms with Crippen LogP contribution in [0.1, 0.15) is 29.5 Å². The molecule has 2 aromatic heterocycles. The fourth-order valence-corrected chi connectivity index (χ4v) is 3.98. The van der Waals surface area contributed by atoms with E-state index in [1.165, 1.54) is 34.8 Å². The molecule has 0 radical (unpaired) electrons. The van der Waals surface area contributed by atoms with Crippen LogP contribution >= 0.6 is 22.7 Å². The van der Waals surface area contributed by atoms with Gasteiger partial charge in [-0.2, -0.15) is 0 Å². The molecule has 1 fully saturated rings. The van der Waals surface area contributed by atoms with Gasteiger partial charge >= 0.3 is 0 Å². The normalized spacial score (nSPS) is 13.9. The first kappa shape index (κ1) is 15.3. The van der Waals surface area contributed by atoms with Gasteiger partial charge in [-0.3, -0.25) is 4.79 Å². The molecule has 1 aromatic carbocycles. The van der Waals surface area contributed by atoms with Gasteiger partial charge in [0.15, 0.2) is 0 Å². The van der Waals surface area contributed by atoms with Crippen molar-refractivity contribution in [1.29, 1.82) is 0 Å². The van der Waals surface area contributed by atoms with Gasteiger partial charge in [0.1, 0.15) is 15.8 Å². The number of thiazole rings is 1. The molecule has 1 amide bonds. The van der Waals surface area contributed by atoms with E-state index in [4.69, 9.17) is 0 Å². The molecule has 1 aliphatic rings. The van der Waals surface area contributed by atoms with Crippen molar-refractivity contribution < 1.29 is 9.18 Å². The lowest BCUT2D eigenvalue weighted by molar-refractivity contribution is -0.115. The van der Waals surface area contributed by atoms with Crippen molar-refractivity contribution in [2.75, 3.05) is 5.32 Å². The number of carbonyl (C=O) groups excluding carboxylic acids is 1. The fourth-order valence-electron chi connectivity index (χ4n) is 2.22. The highest BCUT2D eigenvalue weighted by Gasteiger charge is 2.27. The molecule has 3 aromatic rings. The average molecular weight is 360 g/mol. The standard InChI is InChI=1S/C16H13FN4OS2/c17-11-5-3-9(4-6-11)14-18-12(8-23-14)7-13(22)19-16-21-20-15(24-16)10-1-2-10/h3-6,8,10H,1-2,7H2,(H,19,21,22). The molecule has 1 saturated carbocycles. The van der Waals surface area contributed by atoms with Gasteiger partial charge in [0, 0.05) is 16.9 Å². The van der Waals surface area contributed by atoms with Crippen molar-refractivity contribution in [2.45, 2.75) is 25.2 Å². The van der Waals surface area contributed by atoms with Crippen LogP contribution in [0.25, 0.3) is 10.6 Å². The Bertz CT molecular complexity index is 870. The van der Waals surface area contributed by atoms with Crippen molar-refractivity contribution in [2.24, 2.45) is 0 Å². The van der Waals surface area contributed by atoms with E-state index in [1.54, 1.807) is 12.1 Å². The summed E-state index contributed by atoms with van der Waals surface area (Å²) in [7, 11) is 0. The van der Waals surface area contributed by atoms with Crippen LogP contribution in [0.4, 0.5) is 9.52 Å². The van der Waals surface area contributed by atoms with E-state index < -0.39 is 0 Å². The Labute approximate surface area is 145 Å². The maximum Gasteiger partial charge on any atom is 0.232 e. The number of carbonyl (C=O) groups is 1. The zero-order valence-corrected chi connectivity index (χ0v) is 14.2. The molecule has 0 spiro atoms. The number of hydrogen-bond acceptors (Lipinski definition) is 6. The van der Waals surface area contributed by atoms with Gasteiger partial charge in [0.2, 0.25) is 11.0 Å². The van der Waals surface area contributed by atoms with E-state index >= 15 is 0 Å². The summed E-state index contributed by atoms with van der Waals surface area (Å²) in [4.78, 5) is 16.5. The Morgan fingerprint density at radius 3 is 2.79 bits per heavy atom. The second-order valence-corrected chi connectivity index (χ2v) is 7.46. The maximum absolute atomic E-state index is 13.0. The highest BCUT2D eigenvalue weighted by atomic mass is 32.1. The van der Waals surface area contributed by atoms with Gasteiger partial charge in [-0.25, -0.2) is 9.37 Å². The SMILES string of the molecule is O=C(Cc1csc(-c2ccc(F)cc2)n1)Nc1nnc(C2CC2)s1. The molecule has 0 aliphatic heterocycles. The second kappa shape index (κ2) is 6.37. The molecular weight excluding hydrogens is 347 g/mol. The zero-order valence-electron chi connectivity index (χ0n) is 12.5. The van der Waals surface area contributed by atoms with Crippen molar-refractivity contribution in [1.82, 2.24) is 15.2 Å². The Morgan fingerprint density at radius 1 is 1.25 bits per heavy atom. The number of benzene rings is 1. The molecule has 24 heavy (non-hydrogen) atoms. The highest BCUT2D eigenvalue weighted by molar-refractivity contribution is 7.15. The number of rotatable bonds is 5. The molecule has 0 atom stereocenters. The Kier molecular flexibility index (Phi) is 4.07. The van der Waals surface area contributed by atoms with Crippen LogP contribution < -0.4 is 5.32 Å². The first-order chi connectivity index (χ1) is 11.7. The van der Waals surface area contributed by atoms with Crippen molar-refractivity contribution in [3.8, 4) is 10.6 Å². The topological polar surface area (TPSA) is 67.8 Å².